The fourth-order valence-electron chi connectivity index (χ4n) is 4.94. The molecule has 0 spiro atoms. The molecule has 0 bridgehead atoms. The largest absolute Gasteiger partial charge is 0.493 e. The van der Waals surface area contributed by atoms with Crippen molar-refractivity contribution in [1.82, 2.24) is 19.4 Å². The molecule has 0 aliphatic carbocycles. The van der Waals surface area contributed by atoms with Crippen molar-refractivity contribution in [2.75, 3.05) is 47.4 Å². The summed E-state index contributed by atoms with van der Waals surface area (Å²) >= 11 is 0. The monoisotopic (exact) mass is 472 g/mol. The van der Waals surface area contributed by atoms with Crippen molar-refractivity contribution in [2.24, 2.45) is 7.05 Å². The summed E-state index contributed by atoms with van der Waals surface area (Å²) in [4.78, 5) is 34.8. The summed E-state index contributed by atoms with van der Waals surface area (Å²) in [6.45, 7) is 2.94. The number of hydrogen-bond donors (Lipinski definition) is 0. The lowest BCUT2D eigenvalue weighted by atomic mass is 10.00. The lowest BCUT2D eigenvalue weighted by Gasteiger charge is -2.32. The van der Waals surface area contributed by atoms with Crippen molar-refractivity contribution in [3.8, 4) is 22.8 Å². The SMILES string of the molecule is COc1ccc(-c2nc(C(=O)N3CCN(C)CC3)cc3c4ccccc4n(C)c23)c(C=O)c1OC. The van der Waals surface area contributed by atoms with Gasteiger partial charge in [0.05, 0.1) is 31.0 Å². The van der Waals surface area contributed by atoms with Crippen LogP contribution in [0.2, 0.25) is 0 Å². The van der Waals surface area contributed by atoms with Gasteiger partial charge in [0, 0.05) is 55.1 Å². The number of pyridine rings is 1. The quantitative estimate of drug-likeness (QED) is 0.413. The molecule has 0 radical (unpaired) electrons. The molecule has 3 heterocycles. The summed E-state index contributed by atoms with van der Waals surface area (Å²) in [6, 6.07) is 13.5. The van der Waals surface area contributed by atoms with E-state index in [1.165, 1.54) is 14.2 Å². The van der Waals surface area contributed by atoms with Crippen molar-refractivity contribution >= 4 is 34.0 Å². The smallest absolute Gasteiger partial charge is 0.272 e. The van der Waals surface area contributed by atoms with Gasteiger partial charge in [-0.1, -0.05) is 18.2 Å². The summed E-state index contributed by atoms with van der Waals surface area (Å²) in [7, 11) is 7.06. The van der Waals surface area contributed by atoms with Crippen molar-refractivity contribution in [3.05, 3.63) is 53.7 Å². The fourth-order valence-corrected chi connectivity index (χ4v) is 4.94. The average molecular weight is 473 g/mol. The molecule has 1 saturated heterocycles. The molecule has 1 aliphatic rings. The molecule has 0 N–H and O–H groups in total. The molecule has 4 aromatic rings. The Hall–Kier alpha value is -3.91. The minimum Gasteiger partial charge on any atom is -0.493 e. The number of methoxy groups -OCH3 is 2. The first-order valence-electron chi connectivity index (χ1n) is 11.5. The zero-order chi connectivity index (χ0) is 24.7. The Labute approximate surface area is 203 Å². The van der Waals surface area contributed by atoms with Crippen LogP contribution in [0.15, 0.2) is 42.5 Å². The Kier molecular flexibility index (Phi) is 5.90. The number of aromatic nitrogens is 2. The van der Waals surface area contributed by atoms with E-state index in [0.717, 1.165) is 41.2 Å². The highest BCUT2D eigenvalue weighted by atomic mass is 16.5. The highest BCUT2D eigenvalue weighted by molar-refractivity contribution is 6.14. The molecule has 35 heavy (non-hydrogen) atoms. The second-order valence-corrected chi connectivity index (χ2v) is 8.80. The lowest BCUT2D eigenvalue weighted by Crippen LogP contribution is -2.47. The summed E-state index contributed by atoms with van der Waals surface area (Å²) in [5.41, 5.74) is 3.69. The number of para-hydroxylation sites is 1. The Morgan fingerprint density at radius 3 is 2.40 bits per heavy atom. The molecule has 8 nitrogen and oxygen atoms in total. The van der Waals surface area contributed by atoms with Gasteiger partial charge in [-0.15, -0.1) is 0 Å². The highest BCUT2D eigenvalue weighted by Crippen LogP contribution is 2.41. The van der Waals surface area contributed by atoms with E-state index in [4.69, 9.17) is 14.5 Å². The number of aryl methyl sites for hydroxylation is 1. The van der Waals surface area contributed by atoms with E-state index in [2.05, 4.69) is 16.5 Å². The van der Waals surface area contributed by atoms with Crippen molar-refractivity contribution < 1.29 is 19.1 Å². The van der Waals surface area contributed by atoms with Crippen LogP contribution in [-0.2, 0) is 7.05 Å². The first-order valence-corrected chi connectivity index (χ1v) is 11.5. The van der Waals surface area contributed by atoms with Gasteiger partial charge in [0.1, 0.15) is 5.69 Å². The van der Waals surface area contributed by atoms with Crippen LogP contribution in [0.5, 0.6) is 11.5 Å². The first kappa shape index (κ1) is 22.9. The number of amides is 1. The molecule has 2 aromatic heterocycles. The van der Waals surface area contributed by atoms with Gasteiger partial charge in [0.15, 0.2) is 17.8 Å². The number of ether oxygens (including phenoxy) is 2. The van der Waals surface area contributed by atoms with Crippen molar-refractivity contribution in [3.63, 3.8) is 0 Å². The number of carbonyl (C=O) groups is 2. The average Bonchev–Trinajstić information content (AvgIpc) is 3.19. The minimum atomic E-state index is -0.109. The molecule has 8 heteroatoms. The number of hydrogen-bond acceptors (Lipinski definition) is 6. The first-order chi connectivity index (χ1) is 17.0. The van der Waals surface area contributed by atoms with Crippen LogP contribution >= 0.6 is 0 Å². The van der Waals surface area contributed by atoms with Crippen LogP contribution in [0.3, 0.4) is 0 Å². The second-order valence-electron chi connectivity index (χ2n) is 8.80. The maximum atomic E-state index is 13.6. The van der Waals surface area contributed by atoms with Gasteiger partial charge in [-0.3, -0.25) is 9.59 Å². The number of nitrogens with zero attached hydrogens (tertiary/aromatic N) is 4. The van der Waals surface area contributed by atoms with Gasteiger partial charge in [0.2, 0.25) is 0 Å². The summed E-state index contributed by atoms with van der Waals surface area (Å²) in [5, 5.41) is 1.94. The van der Waals surface area contributed by atoms with Crippen LogP contribution < -0.4 is 9.47 Å². The van der Waals surface area contributed by atoms with E-state index in [-0.39, 0.29) is 5.91 Å². The van der Waals surface area contributed by atoms with E-state index < -0.39 is 0 Å². The molecule has 1 amide bonds. The molecule has 2 aromatic carbocycles. The Morgan fingerprint density at radius 2 is 1.71 bits per heavy atom. The van der Waals surface area contributed by atoms with Gasteiger partial charge in [0.25, 0.3) is 5.91 Å². The lowest BCUT2D eigenvalue weighted by molar-refractivity contribution is 0.0658. The van der Waals surface area contributed by atoms with Crippen LogP contribution in [-0.4, -0.2) is 79.0 Å². The van der Waals surface area contributed by atoms with Gasteiger partial charge in [-0.05, 0) is 31.3 Å². The van der Waals surface area contributed by atoms with E-state index in [0.29, 0.717) is 47.1 Å². The second kappa shape index (κ2) is 9.03. The molecule has 0 saturated carbocycles. The molecule has 0 atom stereocenters. The van der Waals surface area contributed by atoms with E-state index in [9.17, 15) is 9.59 Å². The highest BCUT2D eigenvalue weighted by Gasteiger charge is 2.26. The molecular formula is C27H28N4O4. The summed E-state index contributed by atoms with van der Waals surface area (Å²) in [6.07, 6.45) is 0.752. The van der Waals surface area contributed by atoms with Crippen molar-refractivity contribution in [1.29, 1.82) is 0 Å². The maximum absolute atomic E-state index is 13.6. The van der Waals surface area contributed by atoms with Crippen molar-refractivity contribution in [2.45, 2.75) is 0 Å². The number of aldehydes is 1. The number of rotatable bonds is 5. The third kappa shape index (κ3) is 3.70. The summed E-state index contributed by atoms with van der Waals surface area (Å²) in [5.74, 6) is 0.683. The third-order valence-corrected chi connectivity index (χ3v) is 6.85. The molecular weight excluding hydrogens is 444 g/mol. The number of piperazine rings is 1. The van der Waals surface area contributed by atoms with Gasteiger partial charge in [-0.2, -0.15) is 0 Å². The Morgan fingerprint density at radius 1 is 0.971 bits per heavy atom. The normalized spacial score (nSPS) is 14.5. The zero-order valence-corrected chi connectivity index (χ0v) is 20.4. The molecule has 5 rings (SSSR count). The predicted molar refractivity (Wildman–Crippen MR) is 136 cm³/mol. The minimum absolute atomic E-state index is 0.109. The topological polar surface area (TPSA) is 76.9 Å². The third-order valence-electron chi connectivity index (χ3n) is 6.85. The maximum Gasteiger partial charge on any atom is 0.272 e. The van der Waals surface area contributed by atoms with E-state index >= 15 is 0 Å². The van der Waals surface area contributed by atoms with Crippen LogP contribution in [0.1, 0.15) is 20.8 Å². The van der Waals surface area contributed by atoms with Gasteiger partial charge in [-0.25, -0.2) is 4.98 Å². The van der Waals surface area contributed by atoms with Crippen LogP contribution in [0.4, 0.5) is 0 Å². The Balaban J connectivity index is 1.80. The number of likely N-dealkylation sites (N-methyl/N-ethyl adjacent to an activating group) is 1. The fraction of sp³-hybridized carbons (Fsp3) is 0.296. The van der Waals surface area contributed by atoms with E-state index in [1.54, 1.807) is 12.1 Å². The molecule has 180 valence electrons. The van der Waals surface area contributed by atoms with E-state index in [1.807, 2.05) is 42.3 Å². The summed E-state index contributed by atoms with van der Waals surface area (Å²) < 4.78 is 13.0. The number of carbonyl (C=O) groups excluding carboxylic acids is 2. The molecule has 0 unspecified atom stereocenters. The Bertz CT molecular complexity index is 1450. The zero-order valence-electron chi connectivity index (χ0n) is 20.4. The number of fused-ring (bicyclic) bond motifs is 3. The van der Waals surface area contributed by atoms with Crippen LogP contribution in [0.25, 0.3) is 33.1 Å². The number of benzene rings is 2. The van der Waals surface area contributed by atoms with Gasteiger partial charge >= 0.3 is 0 Å². The molecule has 1 aliphatic heterocycles. The molecule has 1 fully saturated rings. The predicted octanol–water partition coefficient (Wildman–Crippen LogP) is 3.61. The standard InChI is InChI=1S/C27H28N4O4/c1-29-11-13-31(14-12-29)27(33)21-15-19-17-7-5-6-8-22(17)30(2)25(19)24(28-21)18-9-10-23(34-3)26(35-4)20(18)16-32/h5-10,15-16H,11-14H2,1-4H3. The van der Waals surface area contributed by atoms with Crippen LogP contribution in [0, 0.1) is 0 Å². The van der Waals surface area contributed by atoms with Gasteiger partial charge < -0.3 is 23.8 Å².